The summed E-state index contributed by atoms with van der Waals surface area (Å²) in [7, 11) is 3.46. The molecule has 0 fully saturated rings. The number of rotatable bonds is 5. The van der Waals surface area contributed by atoms with E-state index in [4.69, 9.17) is 9.15 Å². The molecule has 0 saturated heterocycles. The Labute approximate surface area is 147 Å². The van der Waals surface area contributed by atoms with Crippen LogP contribution in [0.25, 0.3) is 11.0 Å². The summed E-state index contributed by atoms with van der Waals surface area (Å²) in [5, 5.41) is 5.07. The van der Waals surface area contributed by atoms with Gasteiger partial charge in [0.25, 0.3) is 5.91 Å². The van der Waals surface area contributed by atoms with Crippen LogP contribution in [0, 0.1) is 6.92 Å². The highest BCUT2D eigenvalue weighted by molar-refractivity contribution is 6.00. The number of nitrogens with zero attached hydrogens (tertiary/aromatic N) is 3. The van der Waals surface area contributed by atoms with Crippen molar-refractivity contribution in [3.8, 4) is 5.75 Å². The van der Waals surface area contributed by atoms with Gasteiger partial charge in [-0.15, -0.1) is 0 Å². The minimum absolute atomic E-state index is 0.0298. The first-order valence-corrected chi connectivity index (χ1v) is 8.27. The summed E-state index contributed by atoms with van der Waals surface area (Å²) < 4.78 is 13.0. The summed E-state index contributed by atoms with van der Waals surface area (Å²) in [6.45, 7) is 6.37. The molecule has 0 atom stereocenters. The van der Waals surface area contributed by atoms with E-state index in [9.17, 15) is 4.79 Å². The molecule has 0 aliphatic heterocycles. The Morgan fingerprint density at radius 3 is 2.76 bits per heavy atom. The third-order valence-electron chi connectivity index (χ3n) is 4.34. The van der Waals surface area contributed by atoms with Gasteiger partial charge in [-0.2, -0.15) is 5.10 Å². The molecule has 0 aliphatic carbocycles. The molecule has 0 unspecified atom stereocenters. The predicted octanol–water partition coefficient (Wildman–Crippen LogP) is 3.53. The van der Waals surface area contributed by atoms with Gasteiger partial charge in [-0.3, -0.25) is 9.48 Å². The summed E-state index contributed by atoms with van der Waals surface area (Å²) in [6, 6.07) is 5.69. The van der Waals surface area contributed by atoms with E-state index >= 15 is 0 Å². The van der Waals surface area contributed by atoms with Crippen LogP contribution in [0.1, 0.15) is 35.5 Å². The summed E-state index contributed by atoms with van der Waals surface area (Å²) in [4.78, 5) is 14.9. The first kappa shape index (κ1) is 17.1. The largest absolute Gasteiger partial charge is 0.493 e. The second-order valence-corrected chi connectivity index (χ2v) is 6.44. The number of aromatic nitrogens is 2. The number of para-hydroxylation sites is 1. The van der Waals surface area contributed by atoms with Crippen LogP contribution in [0.5, 0.6) is 5.75 Å². The predicted molar refractivity (Wildman–Crippen MR) is 95.7 cm³/mol. The molecule has 2 aromatic heterocycles. The molecule has 0 saturated carbocycles. The maximum Gasteiger partial charge on any atom is 0.290 e. The maximum absolute atomic E-state index is 13.2. The molecule has 25 heavy (non-hydrogen) atoms. The fourth-order valence-corrected chi connectivity index (χ4v) is 2.95. The van der Waals surface area contributed by atoms with E-state index in [0.29, 0.717) is 23.6 Å². The molecule has 0 bridgehead atoms. The van der Waals surface area contributed by atoms with E-state index < -0.39 is 0 Å². The Morgan fingerprint density at radius 1 is 1.40 bits per heavy atom. The number of aryl methyl sites for hydroxylation is 2. The molecule has 6 heteroatoms. The molecule has 0 spiro atoms. The van der Waals surface area contributed by atoms with E-state index in [0.717, 1.165) is 16.5 Å². The van der Waals surface area contributed by atoms with Gasteiger partial charge in [0.15, 0.2) is 17.1 Å². The normalized spacial score (nSPS) is 11.3. The highest BCUT2D eigenvalue weighted by atomic mass is 16.5. The average molecular weight is 341 g/mol. The van der Waals surface area contributed by atoms with Gasteiger partial charge < -0.3 is 14.1 Å². The lowest BCUT2D eigenvalue weighted by Crippen LogP contribution is -2.36. The van der Waals surface area contributed by atoms with Crippen molar-refractivity contribution < 1.29 is 13.9 Å². The van der Waals surface area contributed by atoms with Crippen LogP contribution in [0.2, 0.25) is 0 Å². The van der Waals surface area contributed by atoms with Crippen LogP contribution in [-0.4, -0.2) is 33.7 Å². The fourth-order valence-electron chi connectivity index (χ4n) is 2.95. The van der Waals surface area contributed by atoms with Gasteiger partial charge in [0.1, 0.15) is 0 Å². The Morgan fingerprint density at radius 2 is 2.16 bits per heavy atom. The molecular formula is C19H23N3O3. The number of fused-ring (bicyclic) bond motifs is 1. The smallest absolute Gasteiger partial charge is 0.290 e. The first-order valence-electron chi connectivity index (χ1n) is 8.27. The van der Waals surface area contributed by atoms with Crippen molar-refractivity contribution >= 4 is 16.9 Å². The topological polar surface area (TPSA) is 60.5 Å². The van der Waals surface area contributed by atoms with Crippen LogP contribution < -0.4 is 4.74 Å². The van der Waals surface area contributed by atoms with Gasteiger partial charge in [-0.25, -0.2) is 0 Å². The van der Waals surface area contributed by atoms with Gasteiger partial charge in [0.2, 0.25) is 0 Å². The summed E-state index contributed by atoms with van der Waals surface area (Å²) in [5.41, 5.74) is 2.42. The van der Waals surface area contributed by atoms with Gasteiger partial charge in [0, 0.05) is 42.3 Å². The van der Waals surface area contributed by atoms with E-state index in [1.54, 1.807) is 22.9 Å². The van der Waals surface area contributed by atoms with Crippen molar-refractivity contribution in [2.24, 2.45) is 7.05 Å². The Bertz CT molecular complexity index is 908. The van der Waals surface area contributed by atoms with Crippen molar-refractivity contribution in [2.75, 3.05) is 7.11 Å². The Balaban J connectivity index is 1.99. The Kier molecular flexibility index (Phi) is 4.53. The van der Waals surface area contributed by atoms with Crippen LogP contribution in [0.15, 0.2) is 35.0 Å². The molecule has 3 aromatic rings. The molecular weight excluding hydrogens is 318 g/mol. The maximum atomic E-state index is 13.2. The fraction of sp³-hybridized carbons (Fsp3) is 0.368. The number of hydrogen-bond acceptors (Lipinski definition) is 4. The molecule has 0 radical (unpaired) electrons. The molecule has 1 aromatic carbocycles. The van der Waals surface area contributed by atoms with Gasteiger partial charge in [-0.05, 0) is 26.8 Å². The third kappa shape index (κ3) is 3.12. The van der Waals surface area contributed by atoms with Crippen molar-refractivity contribution in [3.63, 3.8) is 0 Å². The lowest BCUT2D eigenvalue weighted by atomic mass is 10.1. The zero-order valence-electron chi connectivity index (χ0n) is 15.2. The SMILES string of the molecule is COc1cccc2c(C)c(C(=O)N(Cc3cnn(C)c3)C(C)C)oc12. The van der Waals surface area contributed by atoms with E-state index in [1.807, 2.05) is 52.2 Å². The van der Waals surface area contributed by atoms with Crippen LogP contribution in [0.3, 0.4) is 0 Å². The average Bonchev–Trinajstić information content (AvgIpc) is 3.15. The van der Waals surface area contributed by atoms with Gasteiger partial charge >= 0.3 is 0 Å². The van der Waals surface area contributed by atoms with Crippen LogP contribution in [-0.2, 0) is 13.6 Å². The molecule has 0 aliphatic rings. The zero-order chi connectivity index (χ0) is 18.1. The number of methoxy groups -OCH3 is 1. The number of amides is 1. The number of hydrogen-bond donors (Lipinski definition) is 0. The Hall–Kier alpha value is -2.76. The molecule has 3 rings (SSSR count). The third-order valence-corrected chi connectivity index (χ3v) is 4.34. The summed E-state index contributed by atoms with van der Waals surface area (Å²) in [6.07, 6.45) is 3.69. The summed E-state index contributed by atoms with van der Waals surface area (Å²) in [5.74, 6) is 0.856. The molecule has 132 valence electrons. The quantitative estimate of drug-likeness (QED) is 0.712. The van der Waals surface area contributed by atoms with E-state index in [1.165, 1.54) is 0 Å². The van der Waals surface area contributed by atoms with Crippen LogP contribution >= 0.6 is 0 Å². The molecule has 6 nitrogen and oxygen atoms in total. The lowest BCUT2D eigenvalue weighted by molar-refractivity contribution is 0.0658. The number of carbonyl (C=O) groups is 1. The van der Waals surface area contributed by atoms with Crippen molar-refractivity contribution in [1.82, 2.24) is 14.7 Å². The monoisotopic (exact) mass is 341 g/mol. The van der Waals surface area contributed by atoms with Crippen LogP contribution in [0.4, 0.5) is 0 Å². The second-order valence-electron chi connectivity index (χ2n) is 6.44. The molecule has 0 N–H and O–H groups in total. The molecule has 2 heterocycles. The highest BCUT2D eigenvalue weighted by Gasteiger charge is 2.26. The van der Waals surface area contributed by atoms with E-state index in [2.05, 4.69) is 5.10 Å². The number of ether oxygens (including phenoxy) is 1. The van der Waals surface area contributed by atoms with Crippen molar-refractivity contribution in [3.05, 3.63) is 47.5 Å². The second kappa shape index (κ2) is 6.63. The standard InChI is InChI=1S/C19H23N3O3/c1-12(2)22(11-14-9-20-21(4)10-14)19(23)17-13(3)15-7-6-8-16(24-5)18(15)25-17/h6-10,12H,11H2,1-5H3. The number of furan rings is 1. The first-order chi connectivity index (χ1) is 11.9. The highest BCUT2D eigenvalue weighted by Crippen LogP contribution is 2.33. The van der Waals surface area contributed by atoms with Gasteiger partial charge in [0.05, 0.1) is 13.3 Å². The van der Waals surface area contributed by atoms with Gasteiger partial charge in [-0.1, -0.05) is 12.1 Å². The zero-order valence-corrected chi connectivity index (χ0v) is 15.2. The van der Waals surface area contributed by atoms with Crippen molar-refractivity contribution in [2.45, 2.75) is 33.4 Å². The number of carbonyl (C=O) groups excluding carboxylic acids is 1. The lowest BCUT2D eigenvalue weighted by Gasteiger charge is -2.25. The minimum Gasteiger partial charge on any atom is -0.493 e. The number of benzene rings is 1. The molecule has 1 amide bonds. The summed E-state index contributed by atoms with van der Waals surface area (Å²) >= 11 is 0. The van der Waals surface area contributed by atoms with Crippen molar-refractivity contribution in [1.29, 1.82) is 0 Å². The minimum atomic E-state index is -0.130. The van der Waals surface area contributed by atoms with E-state index in [-0.39, 0.29) is 11.9 Å².